The van der Waals surface area contributed by atoms with Gasteiger partial charge >= 0.3 is 0 Å². The molecule has 0 saturated carbocycles. The topological polar surface area (TPSA) is 52.7 Å². The van der Waals surface area contributed by atoms with Crippen molar-refractivity contribution in [2.75, 3.05) is 0 Å². The lowest BCUT2D eigenvalue weighted by Gasteiger charge is -2.01. The molecule has 0 fully saturated rings. The SMILES string of the molecule is Cn1ncc(Cl)c1C(=O)c1ccn(-c2ccccc2)n1. The molecular formula is C14H11ClN4O. The molecule has 2 heterocycles. The first-order valence-electron chi connectivity index (χ1n) is 6.00. The molecule has 0 bridgehead atoms. The average Bonchev–Trinajstić information content (AvgIpc) is 3.07. The van der Waals surface area contributed by atoms with Gasteiger partial charge in [0.1, 0.15) is 11.4 Å². The van der Waals surface area contributed by atoms with Crippen LogP contribution in [0.1, 0.15) is 16.2 Å². The maximum absolute atomic E-state index is 12.4. The molecule has 0 aliphatic rings. The highest BCUT2D eigenvalue weighted by atomic mass is 35.5. The molecule has 100 valence electrons. The number of hydrogen-bond donors (Lipinski definition) is 0. The Kier molecular flexibility index (Phi) is 3.12. The Morgan fingerprint density at radius 3 is 2.60 bits per heavy atom. The number of halogens is 1. The van der Waals surface area contributed by atoms with Crippen LogP contribution in [0.4, 0.5) is 0 Å². The van der Waals surface area contributed by atoms with Crippen LogP contribution in [0, 0.1) is 0 Å². The molecule has 0 N–H and O–H groups in total. The Labute approximate surface area is 120 Å². The van der Waals surface area contributed by atoms with Crippen molar-refractivity contribution in [2.24, 2.45) is 7.05 Å². The highest BCUT2D eigenvalue weighted by Crippen LogP contribution is 2.18. The molecule has 0 spiro atoms. The maximum Gasteiger partial charge on any atom is 0.232 e. The average molecular weight is 287 g/mol. The second kappa shape index (κ2) is 4.94. The molecule has 20 heavy (non-hydrogen) atoms. The molecule has 0 aliphatic carbocycles. The number of ketones is 1. The van der Waals surface area contributed by atoms with E-state index in [1.807, 2.05) is 30.3 Å². The van der Waals surface area contributed by atoms with E-state index in [9.17, 15) is 4.79 Å². The van der Waals surface area contributed by atoms with Crippen molar-refractivity contribution >= 4 is 17.4 Å². The first-order chi connectivity index (χ1) is 9.66. The lowest BCUT2D eigenvalue weighted by Crippen LogP contribution is -2.10. The molecule has 3 rings (SSSR count). The first-order valence-corrected chi connectivity index (χ1v) is 6.38. The van der Waals surface area contributed by atoms with Crippen LogP contribution in [-0.2, 0) is 7.05 Å². The van der Waals surface area contributed by atoms with Crippen molar-refractivity contribution in [2.45, 2.75) is 0 Å². The molecule has 0 radical (unpaired) electrons. The van der Waals surface area contributed by atoms with Crippen molar-refractivity contribution in [3.63, 3.8) is 0 Å². The number of rotatable bonds is 3. The Morgan fingerprint density at radius 2 is 1.95 bits per heavy atom. The predicted molar refractivity (Wildman–Crippen MR) is 75.2 cm³/mol. The molecule has 0 unspecified atom stereocenters. The molecular weight excluding hydrogens is 276 g/mol. The highest BCUT2D eigenvalue weighted by molar-refractivity contribution is 6.34. The number of aromatic nitrogens is 4. The number of nitrogens with zero attached hydrogens (tertiary/aromatic N) is 4. The third kappa shape index (κ3) is 2.12. The minimum atomic E-state index is -0.246. The van der Waals surface area contributed by atoms with Gasteiger partial charge in [-0.05, 0) is 18.2 Å². The van der Waals surface area contributed by atoms with Gasteiger partial charge in [0.25, 0.3) is 0 Å². The second-order valence-corrected chi connectivity index (χ2v) is 4.68. The molecule has 0 aliphatic heterocycles. The van der Waals surface area contributed by atoms with Gasteiger partial charge in [0.05, 0.1) is 16.9 Å². The van der Waals surface area contributed by atoms with Crippen LogP contribution >= 0.6 is 11.6 Å². The number of benzene rings is 1. The van der Waals surface area contributed by atoms with E-state index >= 15 is 0 Å². The fraction of sp³-hybridized carbons (Fsp3) is 0.0714. The summed E-state index contributed by atoms with van der Waals surface area (Å²) in [7, 11) is 1.67. The van der Waals surface area contributed by atoms with Crippen LogP contribution in [-0.4, -0.2) is 25.3 Å². The summed E-state index contributed by atoms with van der Waals surface area (Å²) in [5, 5.41) is 8.57. The maximum atomic E-state index is 12.4. The smallest absolute Gasteiger partial charge is 0.232 e. The van der Waals surface area contributed by atoms with Crippen molar-refractivity contribution in [3.8, 4) is 5.69 Å². The number of aryl methyl sites for hydroxylation is 1. The van der Waals surface area contributed by atoms with Crippen LogP contribution < -0.4 is 0 Å². The fourth-order valence-corrected chi connectivity index (χ4v) is 2.21. The molecule has 2 aromatic heterocycles. The quantitative estimate of drug-likeness (QED) is 0.695. The summed E-state index contributed by atoms with van der Waals surface area (Å²) in [4.78, 5) is 12.4. The van der Waals surface area contributed by atoms with E-state index < -0.39 is 0 Å². The van der Waals surface area contributed by atoms with Gasteiger partial charge in [0.2, 0.25) is 5.78 Å². The zero-order valence-electron chi connectivity index (χ0n) is 10.7. The number of hydrogen-bond acceptors (Lipinski definition) is 3. The summed E-state index contributed by atoms with van der Waals surface area (Å²) in [5.41, 5.74) is 1.56. The monoisotopic (exact) mass is 286 g/mol. The first kappa shape index (κ1) is 12.6. The molecule has 3 aromatic rings. The molecule has 0 amide bonds. The summed E-state index contributed by atoms with van der Waals surface area (Å²) in [6.45, 7) is 0. The van der Waals surface area contributed by atoms with Gasteiger partial charge < -0.3 is 0 Å². The summed E-state index contributed by atoms with van der Waals surface area (Å²) < 4.78 is 3.10. The minimum absolute atomic E-state index is 0.246. The summed E-state index contributed by atoms with van der Waals surface area (Å²) in [5.74, 6) is -0.246. The van der Waals surface area contributed by atoms with E-state index in [1.165, 1.54) is 10.9 Å². The van der Waals surface area contributed by atoms with Crippen LogP contribution in [0.25, 0.3) is 5.69 Å². The van der Waals surface area contributed by atoms with Crippen LogP contribution in [0.3, 0.4) is 0 Å². The third-order valence-electron chi connectivity index (χ3n) is 2.95. The van der Waals surface area contributed by atoms with Gasteiger partial charge in [0.15, 0.2) is 0 Å². The van der Waals surface area contributed by atoms with E-state index in [0.29, 0.717) is 16.4 Å². The Bertz CT molecular complexity index is 741. The summed E-state index contributed by atoms with van der Waals surface area (Å²) in [6.07, 6.45) is 3.19. The Balaban J connectivity index is 1.97. The molecule has 0 saturated heterocycles. The lowest BCUT2D eigenvalue weighted by molar-refractivity contribution is 0.102. The Morgan fingerprint density at radius 1 is 1.20 bits per heavy atom. The number of para-hydroxylation sites is 1. The van der Waals surface area contributed by atoms with Crippen molar-refractivity contribution in [3.05, 3.63) is 65.2 Å². The Hall–Kier alpha value is -2.40. The van der Waals surface area contributed by atoms with Crippen LogP contribution in [0.15, 0.2) is 48.8 Å². The molecule has 1 aromatic carbocycles. The zero-order chi connectivity index (χ0) is 14.1. The largest absolute Gasteiger partial charge is 0.285 e. The van der Waals surface area contributed by atoms with E-state index in [0.717, 1.165) is 5.69 Å². The van der Waals surface area contributed by atoms with Gasteiger partial charge in [-0.15, -0.1) is 0 Å². The van der Waals surface area contributed by atoms with Gasteiger partial charge in [-0.1, -0.05) is 29.8 Å². The highest BCUT2D eigenvalue weighted by Gasteiger charge is 2.19. The van der Waals surface area contributed by atoms with Gasteiger partial charge in [-0.2, -0.15) is 10.2 Å². The predicted octanol–water partition coefficient (Wildman–Crippen LogP) is 2.49. The molecule has 5 nitrogen and oxygen atoms in total. The van der Waals surface area contributed by atoms with E-state index in [1.54, 1.807) is 24.0 Å². The van der Waals surface area contributed by atoms with Crippen molar-refractivity contribution in [1.82, 2.24) is 19.6 Å². The van der Waals surface area contributed by atoms with E-state index in [-0.39, 0.29) is 5.78 Å². The third-order valence-corrected chi connectivity index (χ3v) is 3.23. The van der Waals surface area contributed by atoms with Crippen LogP contribution in [0.2, 0.25) is 5.02 Å². The van der Waals surface area contributed by atoms with Crippen molar-refractivity contribution in [1.29, 1.82) is 0 Å². The molecule has 6 heteroatoms. The fourth-order valence-electron chi connectivity index (χ4n) is 1.96. The van der Waals surface area contributed by atoms with Gasteiger partial charge in [-0.25, -0.2) is 4.68 Å². The normalized spacial score (nSPS) is 10.7. The number of carbonyl (C=O) groups is 1. The van der Waals surface area contributed by atoms with Gasteiger partial charge in [-0.3, -0.25) is 9.48 Å². The van der Waals surface area contributed by atoms with E-state index in [2.05, 4.69) is 10.2 Å². The van der Waals surface area contributed by atoms with Crippen molar-refractivity contribution < 1.29 is 4.79 Å². The lowest BCUT2D eigenvalue weighted by atomic mass is 10.2. The van der Waals surface area contributed by atoms with Crippen LogP contribution in [0.5, 0.6) is 0 Å². The standard InChI is InChI=1S/C14H11ClN4O/c1-18-13(11(15)9-16-18)14(20)12-7-8-19(17-12)10-5-3-2-4-6-10/h2-9H,1H3. The number of carbonyl (C=O) groups excluding carboxylic acids is 1. The van der Waals surface area contributed by atoms with Gasteiger partial charge in [0, 0.05) is 13.2 Å². The zero-order valence-corrected chi connectivity index (χ0v) is 11.4. The summed E-state index contributed by atoms with van der Waals surface area (Å²) >= 11 is 5.97. The minimum Gasteiger partial charge on any atom is -0.285 e. The van der Waals surface area contributed by atoms with E-state index in [4.69, 9.17) is 11.6 Å². The molecule has 0 atom stereocenters. The second-order valence-electron chi connectivity index (χ2n) is 4.27. The summed E-state index contributed by atoms with van der Waals surface area (Å²) in [6, 6.07) is 11.2.